The van der Waals surface area contributed by atoms with Crippen LogP contribution in [0.25, 0.3) is 11.4 Å². The van der Waals surface area contributed by atoms with Crippen molar-refractivity contribution < 1.29 is 0 Å². The Bertz CT molecular complexity index is 690. The number of rotatable bonds is 9. The van der Waals surface area contributed by atoms with Crippen molar-refractivity contribution in [1.82, 2.24) is 30.7 Å². The molecule has 0 amide bonds. The second-order valence-corrected chi connectivity index (χ2v) is 7.17. The first-order valence-corrected chi connectivity index (χ1v) is 9.66. The summed E-state index contributed by atoms with van der Waals surface area (Å²) < 4.78 is 0. The van der Waals surface area contributed by atoms with Gasteiger partial charge in [-0.15, -0.1) is 24.0 Å². The highest BCUT2D eigenvalue weighted by molar-refractivity contribution is 14.0. The zero-order chi connectivity index (χ0) is 19.6. The summed E-state index contributed by atoms with van der Waals surface area (Å²) in [5.41, 5.74) is 2.19. The number of H-pyrrole nitrogens is 1. The molecule has 0 bridgehead atoms. The fourth-order valence-corrected chi connectivity index (χ4v) is 3.16. The highest BCUT2D eigenvalue weighted by Gasteiger charge is 2.12. The van der Waals surface area contributed by atoms with Crippen molar-refractivity contribution in [3.05, 3.63) is 36.2 Å². The van der Waals surface area contributed by atoms with Gasteiger partial charge in [-0.25, -0.2) is 4.98 Å². The number of aliphatic imine (C=N–C) groups is 1. The van der Waals surface area contributed by atoms with E-state index in [2.05, 4.69) is 75.5 Å². The van der Waals surface area contributed by atoms with Crippen LogP contribution < -0.4 is 10.6 Å². The van der Waals surface area contributed by atoms with E-state index in [0.29, 0.717) is 18.6 Å². The van der Waals surface area contributed by atoms with Gasteiger partial charge in [0.2, 0.25) is 0 Å². The number of aromatic nitrogens is 3. The molecule has 28 heavy (non-hydrogen) atoms. The third-order valence-corrected chi connectivity index (χ3v) is 4.51. The summed E-state index contributed by atoms with van der Waals surface area (Å²) in [6.07, 6.45) is 2.60. The first-order chi connectivity index (χ1) is 13.0. The zero-order valence-corrected chi connectivity index (χ0v) is 19.9. The van der Waals surface area contributed by atoms with Gasteiger partial charge in [-0.05, 0) is 45.7 Å². The Kier molecular flexibility index (Phi) is 11.1. The zero-order valence-electron chi connectivity index (χ0n) is 17.6. The fourth-order valence-electron chi connectivity index (χ4n) is 3.16. The van der Waals surface area contributed by atoms with Crippen molar-refractivity contribution in [2.45, 2.75) is 52.7 Å². The lowest BCUT2D eigenvalue weighted by Crippen LogP contribution is -2.41. The monoisotopic (exact) mass is 499 g/mol. The van der Waals surface area contributed by atoms with Crippen LogP contribution in [0.15, 0.2) is 35.6 Å². The maximum Gasteiger partial charge on any atom is 0.191 e. The van der Waals surface area contributed by atoms with Gasteiger partial charge in [0.05, 0.1) is 0 Å². The van der Waals surface area contributed by atoms with Gasteiger partial charge in [0, 0.05) is 44.3 Å². The van der Waals surface area contributed by atoms with E-state index >= 15 is 0 Å². The lowest BCUT2D eigenvalue weighted by molar-refractivity contribution is 0.173. The van der Waals surface area contributed by atoms with Gasteiger partial charge in [0.25, 0.3) is 0 Å². The van der Waals surface area contributed by atoms with E-state index in [1.54, 1.807) is 7.05 Å². The van der Waals surface area contributed by atoms with E-state index in [9.17, 15) is 0 Å². The molecule has 2 aromatic rings. The van der Waals surface area contributed by atoms with E-state index in [1.165, 1.54) is 6.33 Å². The van der Waals surface area contributed by atoms with Gasteiger partial charge in [0.15, 0.2) is 11.8 Å². The molecule has 1 heterocycles. The number of aromatic amines is 1. The second-order valence-electron chi connectivity index (χ2n) is 7.17. The molecule has 2 rings (SSSR count). The average molecular weight is 499 g/mol. The first kappa shape index (κ1) is 24.4. The Labute approximate surface area is 185 Å². The van der Waals surface area contributed by atoms with Crippen LogP contribution in [0.4, 0.5) is 0 Å². The molecule has 0 saturated heterocycles. The maximum absolute atomic E-state index is 4.31. The fraction of sp³-hybridized carbons (Fsp3) is 0.550. The Morgan fingerprint density at radius 2 is 1.93 bits per heavy atom. The summed E-state index contributed by atoms with van der Waals surface area (Å²) >= 11 is 0. The maximum atomic E-state index is 4.31. The predicted octanol–water partition coefficient (Wildman–Crippen LogP) is 3.26. The van der Waals surface area contributed by atoms with Gasteiger partial charge in [0.1, 0.15) is 6.33 Å². The minimum absolute atomic E-state index is 0. The standard InChI is InChI=1S/C20H33N7.HI/c1-15(2)27(16(3)4)11-7-10-22-20(21-5)23-13-17-8-6-9-18(12-17)19-24-14-25-26-19;/h6,8-9,12,14-16H,7,10-11,13H2,1-5H3,(H2,21,22,23)(H,24,25,26);1H. The van der Waals surface area contributed by atoms with Gasteiger partial charge < -0.3 is 10.6 Å². The largest absolute Gasteiger partial charge is 0.356 e. The van der Waals surface area contributed by atoms with Crippen LogP contribution >= 0.6 is 24.0 Å². The summed E-state index contributed by atoms with van der Waals surface area (Å²) in [5.74, 6) is 1.60. The smallest absolute Gasteiger partial charge is 0.191 e. The molecule has 0 saturated carbocycles. The third-order valence-electron chi connectivity index (χ3n) is 4.51. The van der Waals surface area contributed by atoms with Crippen LogP contribution in [-0.2, 0) is 6.54 Å². The Balaban J connectivity index is 0.00000392. The highest BCUT2D eigenvalue weighted by Crippen LogP contribution is 2.15. The molecule has 0 aliphatic heterocycles. The molecule has 8 heteroatoms. The number of guanidine groups is 1. The lowest BCUT2D eigenvalue weighted by Gasteiger charge is -2.30. The minimum Gasteiger partial charge on any atom is -0.356 e. The number of hydrogen-bond acceptors (Lipinski definition) is 4. The van der Waals surface area contributed by atoms with Crippen LogP contribution in [-0.4, -0.2) is 58.3 Å². The van der Waals surface area contributed by atoms with Crippen molar-refractivity contribution >= 4 is 29.9 Å². The van der Waals surface area contributed by atoms with Crippen LogP contribution in [0.5, 0.6) is 0 Å². The number of nitrogens with zero attached hydrogens (tertiary/aromatic N) is 4. The normalized spacial score (nSPS) is 11.8. The predicted molar refractivity (Wildman–Crippen MR) is 127 cm³/mol. The quantitative estimate of drug-likeness (QED) is 0.214. The molecule has 0 aliphatic rings. The second kappa shape index (κ2) is 12.7. The molecular weight excluding hydrogens is 465 g/mol. The van der Waals surface area contributed by atoms with Gasteiger partial charge >= 0.3 is 0 Å². The van der Waals surface area contributed by atoms with E-state index < -0.39 is 0 Å². The summed E-state index contributed by atoms with van der Waals surface area (Å²) in [5, 5.41) is 13.6. The molecule has 1 aromatic heterocycles. The van der Waals surface area contributed by atoms with E-state index in [1.807, 2.05) is 12.1 Å². The molecule has 0 fully saturated rings. The van der Waals surface area contributed by atoms with Crippen molar-refractivity contribution in [2.24, 2.45) is 4.99 Å². The van der Waals surface area contributed by atoms with E-state index in [-0.39, 0.29) is 24.0 Å². The molecule has 1 aromatic carbocycles. The molecule has 0 atom stereocenters. The van der Waals surface area contributed by atoms with Gasteiger partial charge in [-0.1, -0.05) is 18.2 Å². The molecule has 0 spiro atoms. The first-order valence-electron chi connectivity index (χ1n) is 9.66. The number of halogens is 1. The minimum atomic E-state index is 0. The van der Waals surface area contributed by atoms with Crippen molar-refractivity contribution in [1.29, 1.82) is 0 Å². The Morgan fingerprint density at radius 1 is 1.18 bits per heavy atom. The summed E-state index contributed by atoms with van der Waals surface area (Å²) in [7, 11) is 1.80. The van der Waals surface area contributed by atoms with Gasteiger partial charge in [-0.2, -0.15) is 5.10 Å². The molecule has 0 aliphatic carbocycles. The van der Waals surface area contributed by atoms with E-state index in [4.69, 9.17) is 0 Å². The Hall–Kier alpha value is -1.68. The topological polar surface area (TPSA) is 81.2 Å². The molecule has 0 unspecified atom stereocenters. The molecular formula is C20H34IN7. The van der Waals surface area contributed by atoms with Crippen LogP contribution in [0.3, 0.4) is 0 Å². The van der Waals surface area contributed by atoms with Crippen LogP contribution in [0.2, 0.25) is 0 Å². The molecule has 7 nitrogen and oxygen atoms in total. The number of nitrogens with one attached hydrogen (secondary N) is 3. The SMILES string of the molecule is CN=C(NCCCN(C(C)C)C(C)C)NCc1cccc(-c2ncn[nH]2)c1.I. The molecule has 0 radical (unpaired) electrons. The van der Waals surface area contributed by atoms with Crippen LogP contribution in [0.1, 0.15) is 39.7 Å². The van der Waals surface area contributed by atoms with Gasteiger partial charge in [-0.3, -0.25) is 15.0 Å². The summed E-state index contributed by atoms with van der Waals surface area (Å²) in [6, 6.07) is 9.37. The average Bonchev–Trinajstić information content (AvgIpc) is 3.18. The van der Waals surface area contributed by atoms with Crippen molar-refractivity contribution in [3.8, 4) is 11.4 Å². The molecule has 156 valence electrons. The summed E-state index contributed by atoms with van der Waals surface area (Å²) in [6.45, 7) is 11.7. The molecule has 3 N–H and O–H groups in total. The number of hydrogen-bond donors (Lipinski definition) is 3. The highest BCUT2D eigenvalue weighted by atomic mass is 127. The van der Waals surface area contributed by atoms with Crippen molar-refractivity contribution in [3.63, 3.8) is 0 Å². The van der Waals surface area contributed by atoms with Crippen molar-refractivity contribution in [2.75, 3.05) is 20.1 Å². The third kappa shape index (κ3) is 7.75. The lowest BCUT2D eigenvalue weighted by atomic mass is 10.1. The van der Waals surface area contributed by atoms with E-state index in [0.717, 1.165) is 42.4 Å². The Morgan fingerprint density at radius 3 is 2.54 bits per heavy atom. The van der Waals surface area contributed by atoms with Crippen LogP contribution in [0, 0.1) is 0 Å². The number of benzene rings is 1. The summed E-state index contributed by atoms with van der Waals surface area (Å²) in [4.78, 5) is 11.0.